The van der Waals surface area contributed by atoms with Gasteiger partial charge in [0.25, 0.3) is 0 Å². The van der Waals surface area contributed by atoms with Crippen LogP contribution in [0.3, 0.4) is 0 Å². The molecule has 1 aliphatic heterocycles. The van der Waals surface area contributed by atoms with Crippen LogP contribution in [0.1, 0.15) is 11.8 Å². The summed E-state index contributed by atoms with van der Waals surface area (Å²) in [5.41, 5.74) is 4.22. The summed E-state index contributed by atoms with van der Waals surface area (Å²) in [6, 6.07) is 0. The third-order valence-electron chi connectivity index (χ3n) is 3.02. The van der Waals surface area contributed by atoms with Gasteiger partial charge in [0.1, 0.15) is 11.9 Å². The van der Waals surface area contributed by atoms with E-state index in [1.807, 2.05) is 0 Å². The lowest BCUT2D eigenvalue weighted by Crippen LogP contribution is -2.29. The van der Waals surface area contributed by atoms with E-state index in [0.717, 1.165) is 10.8 Å². The summed E-state index contributed by atoms with van der Waals surface area (Å²) in [4.78, 5) is 15.2. The monoisotopic (exact) mass is 289 g/mol. The van der Waals surface area contributed by atoms with E-state index in [1.54, 1.807) is 0 Å². The van der Waals surface area contributed by atoms with E-state index >= 15 is 0 Å². The van der Waals surface area contributed by atoms with Crippen LogP contribution in [-0.4, -0.2) is 38.6 Å². The van der Waals surface area contributed by atoms with E-state index in [0.29, 0.717) is 0 Å². The van der Waals surface area contributed by atoms with Gasteiger partial charge in [-0.25, -0.2) is 13.6 Å². The Bertz CT molecular complexity index is 590. The zero-order valence-corrected chi connectivity index (χ0v) is 10.2. The highest BCUT2D eigenvalue weighted by Gasteiger charge is 2.41. The zero-order valence-electron chi connectivity index (χ0n) is 10.2. The van der Waals surface area contributed by atoms with Crippen molar-refractivity contribution in [3.05, 3.63) is 34.1 Å². The molecule has 7 nitrogen and oxygen atoms in total. The summed E-state index contributed by atoms with van der Waals surface area (Å²) < 4.78 is 32.5. The van der Waals surface area contributed by atoms with E-state index in [-0.39, 0.29) is 17.7 Å². The van der Waals surface area contributed by atoms with Crippen LogP contribution < -0.4 is 11.4 Å². The molecule has 0 bridgehead atoms. The van der Waals surface area contributed by atoms with Crippen molar-refractivity contribution in [3.8, 4) is 0 Å². The Morgan fingerprint density at radius 2 is 2.25 bits per heavy atom. The normalized spacial score (nSPS) is 28.2. The summed E-state index contributed by atoms with van der Waals surface area (Å²) in [5, 5.41) is 18.0. The van der Waals surface area contributed by atoms with Crippen molar-refractivity contribution in [3.63, 3.8) is 0 Å². The van der Waals surface area contributed by atoms with Gasteiger partial charge in [-0.2, -0.15) is 4.98 Å². The molecule has 2 rings (SSSR count). The Morgan fingerprint density at radius 1 is 1.55 bits per heavy atom. The van der Waals surface area contributed by atoms with Crippen LogP contribution in [0.2, 0.25) is 0 Å². The number of anilines is 1. The topological polar surface area (TPSA) is 111 Å². The van der Waals surface area contributed by atoms with Crippen LogP contribution in [0, 0.1) is 0 Å². The fraction of sp³-hybridized carbons (Fsp3) is 0.455. The maximum atomic E-state index is 13.8. The highest BCUT2D eigenvalue weighted by Crippen LogP contribution is 2.35. The molecule has 0 spiro atoms. The molecule has 110 valence electrons. The minimum atomic E-state index is -1.88. The van der Waals surface area contributed by atoms with Gasteiger partial charge in [-0.1, -0.05) is 0 Å². The summed E-state index contributed by atoms with van der Waals surface area (Å²) in [5.74, 6) is -0.173. The first kappa shape index (κ1) is 14.6. The second-order valence-corrected chi connectivity index (χ2v) is 4.22. The number of nitrogen functional groups attached to an aromatic ring is 1. The lowest BCUT2D eigenvalue weighted by Gasteiger charge is -2.16. The van der Waals surface area contributed by atoms with Crippen LogP contribution in [0.4, 0.5) is 14.6 Å². The lowest BCUT2D eigenvalue weighted by molar-refractivity contribution is -0.0323. The Labute approximate surface area is 111 Å². The van der Waals surface area contributed by atoms with Gasteiger partial charge in [0, 0.05) is 17.3 Å². The molecule has 3 unspecified atom stereocenters. The third-order valence-corrected chi connectivity index (χ3v) is 3.02. The van der Waals surface area contributed by atoms with Gasteiger partial charge < -0.3 is 20.7 Å². The maximum Gasteiger partial charge on any atom is 0.351 e. The van der Waals surface area contributed by atoms with Crippen molar-refractivity contribution in [2.24, 2.45) is 0 Å². The summed E-state index contributed by atoms with van der Waals surface area (Å²) in [7, 11) is 0. The van der Waals surface area contributed by atoms with Gasteiger partial charge in [-0.05, 0) is 0 Å². The van der Waals surface area contributed by atoms with E-state index in [4.69, 9.17) is 20.7 Å². The fourth-order valence-corrected chi connectivity index (χ4v) is 1.95. The maximum absolute atomic E-state index is 13.8. The molecular weight excluding hydrogens is 276 g/mol. The molecule has 0 aliphatic carbocycles. The first-order valence-corrected chi connectivity index (χ1v) is 5.72. The van der Waals surface area contributed by atoms with Crippen molar-refractivity contribution in [2.75, 3.05) is 12.3 Å². The Kier molecular flexibility index (Phi) is 4.12. The van der Waals surface area contributed by atoms with Crippen LogP contribution in [-0.2, 0) is 11.3 Å². The van der Waals surface area contributed by atoms with Gasteiger partial charge >= 0.3 is 5.69 Å². The molecule has 1 aromatic rings. The van der Waals surface area contributed by atoms with Gasteiger partial charge in [-0.3, -0.25) is 4.57 Å². The van der Waals surface area contributed by atoms with Crippen molar-refractivity contribution < 1.29 is 23.7 Å². The van der Waals surface area contributed by atoms with Crippen molar-refractivity contribution in [2.45, 2.75) is 25.1 Å². The number of ether oxygens (including phenoxy) is 1. The molecule has 1 aliphatic rings. The molecule has 20 heavy (non-hydrogen) atoms. The van der Waals surface area contributed by atoms with Gasteiger partial charge in [0.2, 0.25) is 0 Å². The minimum Gasteiger partial charge on any atom is -0.394 e. The van der Waals surface area contributed by atoms with Crippen LogP contribution in [0.15, 0.2) is 22.9 Å². The fourth-order valence-electron chi connectivity index (χ4n) is 1.95. The van der Waals surface area contributed by atoms with E-state index in [2.05, 4.69) is 4.98 Å². The summed E-state index contributed by atoms with van der Waals surface area (Å²) in [6.07, 6.45) is -3.42. The molecular formula is C11H13F2N3O4. The molecule has 9 heteroatoms. The summed E-state index contributed by atoms with van der Waals surface area (Å²) >= 11 is 0. The zero-order chi connectivity index (χ0) is 14.9. The Hall–Kier alpha value is -1.84. The quantitative estimate of drug-likeness (QED) is 0.685. The SMILES string of the molecule is Nc1nc(=O)n(C2OC(CO)C(F)C2=CF)cc1CO. The number of alkyl halides is 1. The molecule has 1 aromatic heterocycles. The molecule has 0 amide bonds. The molecule has 4 N–H and O–H groups in total. The average molecular weight is 289 g/mol. The molecule has 2 heterocycles. The predicted octanol–water partition coefficient (Wildman–Crippen LogP) is -0.601. The van der Waals surface area contributed by atoms with Crippen LogP contribution in [0.5, 0.6) is 0 Å². The number of aliphatic hydroxyl groups excluding tert-OH is 2. The lowest BCUT2D eigenvalue weighted by atomic mass is 10.1. The highest BCUT2D eigenvalue weighted by molar-refractivity contribution is 5.36. The largest absolute Gasteiger partial charge is 0.394 e. The first-order valence-electron chi connectivity index (χ1n) is 5.72. The van der Waals surface area contributed by atoms with Gasteiger partial charge in [-0.15, -0.1) is 0 Å². The average Bonchev–Trinajstić information content (AvgIpc) is 2.75. The third kappa shape index (κ3) is 2.30. The predicted molar refractivity (Wildman–Crippen MR) is 63.9 cm³/mol. The van der Waals surface area contributed by atoms with E-state index in [1.165, 1.54) is 0 Å². The second-order valence-electron chi connectivity index (χ2n) is 4.22. The first-order chi connectivity index (χ1) is 9.53. The number of nitrogens with two attached hydrogens (primary N) is 1. The highest BCUT2D eigenvalue weighted by atomic mass is 19.1. The second kappa shape index (κ2) is 5.65. The number of hydrogen-bond donors (Lipinski definition) is 3. The molecule has 0 aromatic carbocycles. The van der Waals surface area contributed by atoms with Crippen molar-refractivity contribution >= 4 is 5.82 Å². The summed E-state index contributed by atoms with van der Waals surface area (Å²) in [6.45, 7) is -1.16. The van der Waals surface area contributed by atoms with Crippen LogP contribution >= 0.6 is 0 Å². The van der Waals surface area contributed by atoms with Gasteiger partial charge in [0.05, 0.1) is 19.5 Å². The number of aromatic nitrogens is 2. The standard InChI is InChI=1S/C11H13F2N3O4/c12-1-6-8(13)7(4-18)20-10(6)16-2-5(3-17)9(14)15-11(16)19/h1-2,7-8,10,17-18H,3-4H2,(H2,14,15,19). The number of hydrogen-bond acceptors (Lipinski definition) is 6. The molecule has 3 atom stereocenters. The number of halogens is 2. The number of aliphatic hydroxyl groups is 2. The smallest absolute Gasteiger partial charge is 0.351 e. The number of rotatable bonds is 3. The molecule has 1 fully saturated rings. The molecule has 1 saturated heterocycles. The van der Waals surface area contributed by atoms with Crippen LogP contribution in [0.25, 0.3) is 0 Å². The van der Waals surface area contributed by atoms with E-state index in [9.17, 15) is 13.6 Å². The molecule has 0 radical (unpaired) electrons. The Morgan fingerprint density at radius 3 is 2.80 bits per heavy atom. The number of nitrogens with zero attached hydrogens (tertiary/aromatic N) is 2. The van der Waals surface area contributed by atoms with Crippen molar-refractivity contribution in [1.29, 1.82) is 0 Å². The molecule has 0 saturated carbocycles. The van der Waals surface area contributed by atoms with Crippen molar-refractivity contribution in [1.82, 2.24) is 9.55 Å². The van der Waals surface area contributed by atoms with Gasteiger partial charge in [0.15, 0.2) is 12.4 Å². The Balaban J connectivity index is 2.48. The minimum absolute atomic E-state index is 0.00753. The van der Waals surface area contributed by atoms with E-state index < -0.39 is 43.0 Å².